The van der Waals surface area contributed by atoms with Gasteiger partial charge >= 0.3 is 0 Å². The summed E-state index contributed by atoms with van der Waals surface area (Å²) in [7, 11) is 0. The molecular formula is C9H14BrNS. The third-order valence-corrected chi connectivity index (χ3v) is 3.16. The molecule has 0 saturated heterocycles. The summed E-state index contributed by atoms with van der Waals surface area (Å²) < 4.78 is 4.07. The summed E-state index contributed by atoms with van der Waals surface area (Å²) in [5, 5.41) is 1.15. The van der Waals surface area contributed by atoms with Crippen molar-refractivity contribution in [1.82, 2.24) is 4.37 Å². The number of aryl methyl sites for hydroxylation is 1. The first-order chi connectivity index (χ1) is 5.93. The lowest BCUT2D eigenvalue weighted by Gasteiger charge is -1.96. The number of hydrogen-bond acceptors (Lipinski definition) is 2. The van der Waals surface area contributed by atoms with Crippen LogP contribution in [0.5, 0.6) is 0 Å². The van der Waals surface area contributed by atoms with Crippen molar-refractivity contribution in [1.29, 1.82) is 0 Å². The van der Waals surface area contributed by atoms with Crippen molar-refractivity contribution in [3.05, 3.63) is 17.1 Å². The maximum atomic E-state index is 4.07. The van der Waals surface area contributed by atoms with E-state index in [-0.39, 0.29) is 0 Å². The van der Waals surface area contributed by atoms with Crippen molar-refractivity contribution in [2.45, 2.75) is 32.1 Å². The molecule has 0 aliphatic carbocycles. The molecule has 0 amide bonds. The fraction of sp³-hybridized carbons (Fsp3) is 0.667. The average Bonchev–Trinajstić information content (AvgIpc) is 2.57. The molecule has 1 aromatic rings. The highest BCUT2D eigenvalue weighted by atomic mass is 79.9. The first kappa shape index (κ1) is 10.2. The zero-order chi connectivity index (χ0) is 8.65. The Morgan fingerprint density at radius 1 is 1.25 bits per heavy atom. The zero-order valence-electron chi connectivity index (χ0n) is 7.13. The smallest absolute Gasteiger partial charge is 0.0409 e. The number of hydrogen-bond donors (Lipinski definition) is 0. The first-order valence-electron chi connectivity index (χ1n) is 4.39. The highest BCUT2D eigenvalue weighted by molar-refractivity contribution is 9.09. The predicted molar refractivity (Wildman–Crippen MR) is 58.1 cm³/mol. The van der Waals surface area contributed by atoms with Crippen LogP contribution >= 0.6 is 27.5 Å². The van der Waals surface area contributed by atoms with Gasteiger partial charge in [-0.25, -0.2) is 4.37 Å². The van der Waals surface area contributed by atoms with Crippen LogP contribution in [-0.4, -0.2) is 9.70 Å². The normalized spacial score (nSPS) is 10.4. The maximum Gasteiger partial charge on any atom is 0.0409 e. The molecule has 1 aromatic heterocycles. The van der Waals surface area contributed by atoms with E-state index in [0.717, 1.165) is 5.33 Å². The van der Waals surface area contributed by atoms with Gasteiger partial charge < -0.3 is 0 Å². The molecule has 12 heavy (non-hydrogen) atoms. The van der Waals surface area contributed by atoms with Gasteiger partial charge in [0.2, 0.25) is 0 Å². The van der Waals surface area contributed by atoms with Gasteiger partial charge in [0.1, 0.15) is 0 Å². The maximum absolute atomic E-state index is 4.07. The molecule has 1 rings (SSSR count). The van der Waals surface area contributed by atoms with Crippen LogP contribution in [0.2, 0.25) is 0 Å². The molecule has 1 nitrogen and oxygen atoms in total. The van der Waals surface area contributed by atoms with Gasteiger partial charge in [0, 0.05) is 16.4 Å². The second-order valence-electron chi connectivity index (χ2n) is 2.83. The van der Waals surface area contributed by atoms with E-state index in [1.165, 1.54) is 37.0 Å². The van der Waals surface area contributed by atoms with Crippen LogP contribution in [0.1, 0.15) is 30.6 Å². The lowest BCUT2D eigenvalue weighted by Crippen LogP contribution is -1.82. The Hall–Kier alpha value is 0.110. The zero-order valence-corrected chi connectivity index (χ0v) is 9.53. The topological polar surface area (TPSA) is 12.9 Å². The molecule has 1 heterocycles. The van der Waals surface area contributed by atoms with Gasteiger partial charge in [-0.15, -0.1) is 0 Å². The highest BCUT2D eigenvalue weighted by Crippen LogP contribution is 2.11. The van der Waals surface area contributed by atoms with E-state index < -0.39 is 0 Å². The van der Waals surface area contributed by atoms with E-state index in [1.807, 2.05) is 6.20 Å². The number of halogens is 1. The van der Waals surface area contributed by atoms with E-state index in [4.69, 9.17) is 0 Å². The molecule has 0 unspecified atom stereocenters. The molecule has 3 heteroatoms. The molecule has 0 aliphatic rings. The molecule has 0 aliphatic heterocycles. The minimum absolute atomic E-state index is 1.15. The lowest BCUT2D eigenvalue weighted by molar-refractivity contribution is 0.675. The Kier molecular flexibility index (Phi) is 5.61. The van der Waals surface area contributed by atoms with E-state index in [9.17, 15) is 0 Å². The number of rotatable bonds is 6. The lowest BCUT2D eigenvalue weighted by atomic mass is 10.1. The molecule has 0 saturated carbocycles. The van der Waals surface area contributed by atoms with Gasteiger partial charge in [-0.05, 0) is 36.9 Å². The van der Waals surface area contributed by atoms with Crippen LogP contribution in [0.15, 0.2) is 12.3 Å². The Morgan fingerprint density at radius 2 is 2.08 bits per heavy atom. The summed E-state index contributed by atoms with van der Waals surface area (Å²) in [6.07, 6.45) is 8.43. The standard InChI is InChI=1S/C9H14BrNS/c10-7-4-2-1-3-5-9-6-8-11-12-9/h6,8H,1-5,7H2. The minimum Gasteiger partial charge on any atom is -0.201 e. The van der Waals surface area contributed by atoms with Gasteiger partial charge in [-0.1, -0.05) is 28.8 Å². The van der Waals surface area contributed by atoms with Crippen LogP contribution in [0, 0.1) is 0 Å². The molecule has 0 bridgehead atoms. The Balaban J connectivity index is 1.96. The van der Waals surface area contributed by atoms with Crippen molar-refractivity contribution < 1.29 is 0 Å². The van der Waals surface area contributed by atoms with Crippen LogP contribution in [0.3, 0.4) is 0 Å². The number of alkyl halides is 1. The predicted octanol–water partition coefficient (Wildman–Crippen LogP) is 3.64. The van der Waals surface area contributed by atoms with Crippen molar-refractivity contribution in [2.24, 2.45) is 0 Å². The summed E-state index contributed by atoms with van der Waals surface area (Å²) in [4.78, 5) is 1.42. The molecule has 0 aromatic carbocycles. The van der Waals surface area contributed by atoms with E-state index >= 15 is 0 Å². The Bertz CT molecular complexity index is 186. The fourth-order valence-corrected chi connectivity index (χ4v) is 2.13. The van der Waals surface area contributed by atoms with Crippen LogP contribution in [-0.2, 0) is 6.42 Å². The third kappa shape index (κ3) is 4.21. The van der Waals surface area contributed by atoms with Crippen LogP contribution in [0.4, 0.5) is 0 Å². The number of nitrogens with zero attached hydrogens (tertiary/aromatic N) is 1. The van der Waals surface area contributed by atoms with Crippen LogP contribution in [0.25, 0.3) is 0 Å². The van der Waals surface area contributed by atoms with E-state index in [0.29, 0.717) is 0 Å². The number of unbranched alkanes of at least 4 members (excludes halogenated alkanes) is 3. The molecule has 0 atom stereocenters. The molecular weight excluding hydrogens is 234 g/mol. The molecule has 0 spiro atoms. The van der Waals surface area contributed by atoms with Crippen molar-refractivity contribution in [2.75, 3.05) is 5.33 Å². The van der Waals surface area contributed by atoms with Gasteiger partial charge in [0.05, 0.1) is 0 Å². The first-order valence-corrected chi connectivity index (χ1v) is 6.28. The second-order valence-corrected chi connectivity index (χ2v) is 4.54. The second kappa shape index (κ2) is 6.61. The van der Waals surface area contributed by atoms with E-state index in [2.05, 4.69) is 26.4 Å². The van der Waals surface area contributed by atoms with Crippen LogP contribution < -0.4 is 0 Å². The third-order valence-electron chi connectivity index (χ3n) is 1.80. The molecule has 0 radical (unpaired) electrons. The summed E-state index contributed by atoms with van der Waals surface area (Å²) in [6, 6.07) is 2.12. The largest absolute Gasteiger partial charge is 0.201 e. The minimum atomic E-state index is 1.15. The molecule has 0 fully saturated rings. The van der Waals surface area contributed by atoms with Crippen molar-refractivity contribution >= 4 is 27.5 Å². The molecule has 68 valence electrons. The van der Waals surface area contributed by atoms with Gasteiger partial charge in [0.25, 0.3) is 0 Å². The highest BCUT2D eigenvalue weighted by Gasteiger charge is 1.94. The SMILES string of the molecule is BrCCCCCCc1ccns1. The van der Waals surface area contributed by atoms with Crippen molar-refractivity contribution in [3.8, 4) is 0 Å². The van der Waals surface area contributed by atoms with Gasteiger partial charge in [-0.2, -0.15) is 0 Å². The average molecular weight is 248 g/mol. The summed E-state index contributed by atoms with van der Waals surface area (Å²) in [6.45, 7) is 0. The monoisotopic (exact) mass is 247 g/mol. The fourth-order valence-electron chi connectivity index (χ4n) is 1.12. The Morgan fingerprint density at radius 3 is 2.75 bits per heavy atom. The van der Waals surface area contributed by atoms with E-state index in [1.54, 1.807) is 11.5 Å². The van der Waals surface area contributed by atoms with Gasteiger partial charge in [0.15, 0.2) is 0 Å². The number of aromatic nitrogens is 1. The summed E-state index contributed by atoms with van der Waals surface area (Å²) in [5.74, 6) is 0. The van der Waals surface area contributed by atoms with Gasteiger partial charge in [-0.3, -0.25) is 0 Å². The van der Waals surface area contributed by atoms with Crippen molar-refractivity contribution in [3.63, 3.8) is 0 Å². The summed E-state index contributed by atoms with van der Waals surface area (Å²) in [5.41, 5.74) is 0. The Labute approximate surface area is 86.5 Å². The molecule has 0 N–H and O–H groups in total. The quantitative estimate of drug-likeness (QED) is 0.553. The summed E-state index contributed by atoms with van der Waals surface area (Å²) >= 11 is 5.06.